The first kappa shape index (κ1) is 13.6. The molecule has 0 unspecified atom stereocenters. The summed E-state index contributed by atoms with van der Waals surface area (Å²) in [6, 6.07) is 2.57. The smallest absolute Gasteiger partial charge is 0.252 e. The van der Waals surface area contributed by atoms with Crippen LogP contribution in [0.25, 0.3) is 0 Å². The summed E-state index contributed by atoms with van der Waals surface area (Å²) in [6.07, 6.45) is 2.98. The molecule has 0 spiro atoms. The standard InChI is InChI=1S/C12H17FN2O2/c1-2-7-17-8-3-6-14-12(16)10-4-5-11(13)15-9-10/h4-5,9H,2-3,6-8H2,1H3,(H,14,16). The molecule has 0 saturated heterocycles. The number of ether oxygens (including phenoxy) is 1. The van der Waals surface area contributed by atoms with Gasteiger partial charge in [-0.15, -0.1) is 0 Å². The molecule has 0 aliphatic heterocycles. The molecule has 0 aliphatic carbocycles. The van der Waals surface area contributed by atoms with Crippen LogP contribution in [0, 0.1) is 5.95 Å². The quantitative estimate of drug-likeness (QED) is 0.583. The van der Waals surface area contributed by atoms with Gasteiger partial charge in [-0.25, -0.2) is 4.98 Å². The number of halogens is 1. The van der Waals surface area contributed by atoms with Crippen LogP contribution in [0.4, 0.5) is 4.39 Å². The SMILES string of the molecule is CCCOCCCNC(=O)c1ccc(F)nc1. The van der Waals surface area contributed by atoms with E-state index < -0.39 is 5.95 Å². The van der Waals surface area contributed by atoms with Crippen molar-refractivity contribution in [1.82, 2.24) is 10.3 Å². The Labute approximate surface area is 100 Å². The van der Waals surface area contributed by atoms with Crippen LogP contribution < -0.4 is 5.32 Å². The molecular formula is C12H17FN2O2. The number of nitrogens with zero attached hydrogens (tertiary/aromatic N) is 1. The van der Waals surface area contributed by atoms with Gasteiger partial charge in [-0.05, 0) is 25.0 Å². The van der Waals surface area contributed by atoms with Crippen LogP contribution in [0.3, 0.4) is 0 Å². The molecule has 4 nitrogen and oxygen atoms in total. The number of nitrogens with one attached hydrogen (secondary N) is 1. The number of aromatic nitrogens is 1. The van der Waals surface area contributed by atoms with Crippen LogP contribution in [0.5, 0.6) is 0 Å². The van der Waals surface area contributed by atoms with Gasteiger partial charge in [-0.1, -0.05) is 6.92 Å². The Morgan fingerprint density at radius 1 is 1.47 bits per heavy atom. The minimum absolute atomic E-state index is 0.243. The molecule has 1 rings (SSSR count). The average Bonchev–Trinajstić information content (AvgIpc) is 2.34. The third-order valence-corrected chi connectivity index (χ3v) is 2.09. The molecule has 1 amide bonds. The summed E-state index contributed by atoms with van der Waals surface area (Å²) in [4.78, 5) is 14.9. The van der Waals surface area contributed by atoms with Crippen molar-refractivity contribution in [2.75, 3.05) is 19.8 Å². The highest BCUT2D eigenvalue weighted by Crippen LogP contribution is 1.98. The van der Waals surface area contributed by atoms with Crippen LogP contribution in [0.1, 0.15) is 30.1 Å². The van der Waals surface area contributed by atoms with E-state index in [1.807, 2.05) is 6.92 Å². The van der Waals surface area contributed by atoms with Crippen molar-refractivity contribution in [2.24, 2.45) is 0 Å². The monoisotopic (exact) mass is 240 g/mol. The maximum atomic E-state index is 12.5. The lowest BCUT2D eigenvalue weighted by molar-refractivity contribution is 0.0941. The van der Waals surface area contributed by atoms with Crippen LogP contribution in [-0.4, -0.2) is 30.6 Å². The third kappa shape index (κ3) is 5.40. The molecule has 5 heteroatoms. The molecule has 0 saturated carbocycles. The van der Waals surface area contributed by atoms with Crippen LogP contribution in [0.2, 0.25) is 0 Å². The van der Waals surface area contributed by atoms with E-state index in [1.54, 1.807) is 0 Å². The van der Waals surface area contributed by atoms with Crippen molar-refractivity contribution in [1.29, 1.82) is 0 Å². The predicted octanol–water partition coefficient (Wildman–Crippen LogP) is 1.77. The summed E-state index contributed by atoms with van der Waals surface area (Å²) < 4.78 is 17.8. The normalized spacial score (nSPS) is 10.2. The molecule has 0 atom stereocenters. The topological polar surface area (TPSA) is 51.2 Å². The molecule has 0 aliphatic rings. The first-order valence-electron chi connectivity index (χ1n) is 5.71. The first-order valence-corrected chi connectivity index (χ1v) is 5.71. The van der Waals surface area contributed by atoms with E-state index >= 15 is 0 Å². The highest BCUT2D eigenvalue weighted by Gasteiger charge is 2.04. The molecule has 17 heavy (non-hydrogen) atoms. The summed E-state index contributed by atoms with van der Waals surface area (Å²) in [6.45, 7) is 3.97. The Morgan fingerprint density at radius 2 is 2.29 bits per heavy atom. The Hall–Kier alpha value is -1.49. The summed E-state index contributed by atoms with van der Waals surface area (Å²) in [5, 5.41) is 2.71. The van der Waals surface area contributed by atoms with E-state index in [-0.39, 0.29) is 5.91 Å². The van der Waals surface area contributed by atoms with Gasteiger partial charge in [0.2, 0.25) is 5.95 Å². The lowest BCUT2D eigenvalue weighted by Crippen LogP contribution is -2.25. The lowest BCUT2D eigenvalue weighted by atomic mass is 10.2. The van der Waals surface area contributed by atoms with Gasteiger partial charge >= 0.3 is 0 Å². The Balaban J connectivity index is 2.19. The van der Waals surface area contributed by atoms with E-state index in [4.69, 9.17) is 4.74 Å². The van der Waals surface area contributed by atoms with Crippen molar-refractivity contribution in [3.8, 4) is 0 Å². The first-order chi connectivity index (χ1) is 8.24. The number of pyridine rings is 1. The fourth-order valence-electron chi connectivity index (χ4n) is 1.23. The third-order valence-electron chi connectivity index (χ3n) is 2.09. The Kier molecular flexibility index (Phi) is 6.17. The summed E-state index contributed by atoms with van der Waals surface area (Å²) >= 11 is 0. The minimum atomic E-state index is -0.588. The second-order valence-corrected chi connectivity index (χ2v) is 3.59. The zero-order valence-electron chi connectivity index (χ0n) is 9.91. The second-order valence-electron chi connectivity index (χ2n) is 3.59. The van der Waals surface area contributed by atoms with Gasteiger partial charge in [0.15, 0.2) is 0 Å². The highest BCUT2D eigenvalue weighted by atomic mass is 19.1. The predicted molar refractivity (Wildman–Crippen MR) is 62.3 cm³/mol. The molecule has 1 N–H and O–H groups in total. The molecule has 94 valence electrons. The zero-order valence-corrected chi connectivity index (χ0v) is 9.91. The molecule has 1 aromatic heterocycles. The molecule has 0 fully saturated rings. The number of carbonyl (C=O) groups is 1. The van der Waals surface area contributed by atoms with Crippen LogP contribution in [-0.2, 0) is 4.74 Å². The maximum Gasteiger partial charge on any atom is 0.252 e. The molecule has 1 aromatic rings. The fourth-order valence-corrected chi connectivity index (χ4v) is 1.23. The largest absolute Gasteiger partial charge is 0.381 e. The van der Waals surface area contributed by atoms with Gasteiger partial charge in [-0.3, -0.25) is 4.79 Å². The molecular weight excluding hydrogens is 223 g/mol. The Bertz CT molecular complexity index is 341. The van der Waals surface area contributed by atoms with Crippen molar-refractivity contribution in [3.05, 3.63) is 29.8 Å². The van der Waals surface area contributed by atoms with Gasteiger partial charge in [0.25, 0.3) is 5.91 Å². The summed E-state index contributed by atoms with van der Waals surface area (Å²) in [5.74, 6) is -0.831. The number of hydrogen-bond acceptors (Lipinski definition) is 3. The van der Waals surface area contributed by atoms with Crippen molar-refractivity contribution < 1.29 is 13.9 Å². The molecule has 1 heterocycles. The van der Waals surface area contributed by atoms with E-state index in [2.05, 4.69) is 10.3 Å². The van der Waals surface area contributed by atoms with Crippen molar-refractivity contribution in [3.63, 3.8) is 0 Å². The maximum absolute atomic E-state index is 12.5. The minimum Gasteiger partial charge on any atom is -0.381 e. The van der Waals surface area contributed by atoms with E-state index in [0.717, 1.165) is 19.4 Å². The summed E-state index contributed by atoms with van der Waals surface area (Å²) in [5.41, 5.74) is 0.362. The molecule has 0 bridgehead atoms. The number of carbonyl (C=O) groups excluding carboxylic acids is 1. The highest BCUT2D eigenvalue weighted by molar-refractivity contribution is 5.93. The van der Waals surface area contributed by atoms with E-state index in [9.17, 15) is 9.18 Å². The van der Waals surface area contributed by atoms with Crippen LogP contribution in [0.15, 0.2) is 18.3 Å². The molecule has 0 radical (unpaired) electrons. The van der Waals surface area contributed by atoms with Gasteiger partial charge in [0.05, 0.1) is 5.56 Å². The number of amides is 1. The zero-order chi connectivity index (χ0) is 12.5. The van der Waals surface area contributed by atoms with Gasteiger partial charge in [0, 0.05) is 26.0 Å². The van der Waals surface area contributed by atoms with Crippen molar-refractivity contribution >= 4 is 5.91 Å². The number of hydrogen-bond donors (Lipinski definition) is 1. The van der Waals surface area contributed by atoms with Gasteiger partial charge in [-0.2, -0.15) is 4.39 Å². The Morgan fingerprint density at radius 3 is 2.94 bits per heavy atom. The second kappa shape index (κ2) is 7.73. The lowest BCUT2D eigenvalue weighted by Gasteiger charge is -2.05. The average molecular weight is 240 g/mol. The fraction of sp³-hybridized carbons (Fsp3) is 0.500. The van der Waals surface area contributed by atoms with Gasteiger partial charge in [0.1, 0.15) is 0 Å². The van der Waals surface area contributed by atoms with Crippen molar-refractivity contribution in [2.45, 2.75) is 19.8 Å². The summed E-state index contributed by atoms with van der Waals surface area (Å²) in [7, 11) is 0. The number of rotatable bonds is 7. The molecule has 0 aromatic carbocycles. The van der Waals surface area contributed by atoms with Crippen LogP contribution >= 0.6 is 0 Å². The van der Waals surface area contributed by atoms with E-state index in [1.165, 1.54) is 18.3 Å². The van der Waals surface area contributed by atoms with Gasteiger partial charge < -0.3 is 10.1 Å². The van der Waals surface area contributed by atoms with E-state index in [0.29, 0.717) is 18.7 Å².